The van der Waals surface area contributed by atoms with Crippen molar-refractivity contribution in [2.24, 2.45) is 0 Å². The first-order valence-electron chi connectivity index (χ1n) is 7.00. The van der Waals surface area contributed by atoms with Gasteiger partial charge in [0.05, 0.1) is 13.2 Å². The van der Waals surface area contributed by atoms with E-state index in [1.54, 1.807) is 7.11 Å². The summed E-state index contributed by atoms with van der Waals surface area (Å²) < 4.78 is 10.6. The number of rotatable bonds is 8. The molecule has 0 bridgehead atoms. The van der Waals surface area contributed by atoms with E-state index in [-0.39, 0.29) is 0 Å². The lowest BCUT2D eigenvalue weighted by atomic mass is 10.2. The van der Waals surface area contributed by atoms with Crippen LogP contribution < -0.4 is 9.47 Å². The van der Waals surface area contributed by atoms with E-state index in [0.29, 0.717) is 13.0 Å². The van der Waals surface area contributed by atoms with E-state index in [4.69, 9.17) is 9.47 Å². The molecular formula is C16H26O3Si. The van der Waals surface area contributed by atoms with Crippen LogP contribution in [-0.4, -0.2) is 33.0 Å². The van der Waals surface area contributed by atoms with E-state index in [9.17, 15) is 5.11 Å². The normalized spacial score (nSPS) is 13.4. The Morgan fingerprint density at radius 2 is 1.70 bits per heavy atom. The van der Waals surface area contributed by atoms with Crippen molar-refractivity contribution in [3.05, 3.63) is 36.4 Å². The van der Waals surface area contributed by atoms with Crippen LogP contribution in [0, 0.1) is 0 Å². The van der Waals surface area contributed by atoms with Gasteiger partial charge >= 0.3 is 0 Å². The van der Waals surface area contributed by atoms with E-state index in [0.717, 1.165) is 17.5 Å². The van der Waals surface area contributed by atoms with Crippen molar-refractivity contribution in [3.8, 4) is 11.5 Å². The lowest BCUT2D eigenvalue weighted by molar-refractivity contribution is 0.110. The van der Waals surface area contributed by atoms with Crippen molar-refractivity contribution in [1.29, 1.82) is 0 Å². The summed E-state index contributed by atoms with van der Waals surface area (Å²) in [6.45, 7) is 7.31. The number of allylic oxidation sites excluding steroid dienone is 1. The molecule has 1 atom stereocenters. The summed E-state index contributed by atoms with van der Waals surface area (Å²) in [4.78, 5) is 0. The SMILES string of the molecule is COc1ccc(OC[C@H](O)C/C=C/C[Si](C)(C)C)cc1. The number of hydrogen-bond acceptors (Lipinski definition) is 3. The van der Waals surface area contributed by atoms with Crippen LogP contribution in [0.4, 0.5) is 0 Å². The molecule has 1 aromatic rings. The van der Waals surface area contributed by atoms with Crippen molar-refractivity contribution < 1.29 is 14.6 Å². The highest BCUT2D eigenvalue weighted by Gasteiger charge is 2.09. The average molecular weight is 294 g/mol. The van der Waals surface area contributed by atoms with Gasteiger partial charge in [0.25, 0.3) is 0 Å². The van der Waals surface area contributed by atoms with Crippen LogP contribution in [0.3, 0.4) is 0 Å². The molecule has 0 radical (unpaired) electrons. The van der Waals surface area contributed by atoms with Gasteiger partial charge in [0.15, 0.2) is 0 Å². The predicted octanol–water partition coefficient (Wildman–Crippen LogP) is 3.72. The molecule has 0 unspecified atom stereocenters. The fourth-order valence-electron chi connectivity index (χ4n) is 1.62. The second-order valence-electron chi connectivity index (χ2n) is 6.11. The molecule has 112 valence electrons. The molecule has 0 aliphatic carbocycles. The molecule has 1 N–H and O–H groups in total. The Hall–Kier alpha value is -1.26. The molecule has 4 heteroatoms. The molecule has 0 aliphatic rings. The van der Waals surface area contributed by atoms with Crippen molar-refractivity contribution in [2.45, 2.75) is 38.2 Å². The lowest BCUT2D eigenvalue weighted by Gasteiger charge is -2.13. The zero-order valence-corrected chi connectivity index (χ0v) is 13.9. The third-order valence-corrected chi connectivity index (χ3v) is 4.27. The Morgan fingerprint density at radius 1 is 1.10 bits per heavy atom. The fraction of sp³-hybridized carbons (Fsp3) is 0.500. The van der Waals surface area contributed by atoms with Crippen LogP contribution in [0.15, 0.2) is 36.4 Å². The second kappa shape index (κ2) is 8.12. The van der Waals surface area contributed by atoms with Crippen molar-refractivity contribution in [1.82, 2.24) is 0 Å². The van der Waals surface area contributed by atoms with Gasteiger partial charge in [-0.3, -0.25) is 0 Å². The summed E-state index contributed by atoms with van der Waals surface area (Å²) in [6.07, 6.45) is 4.42. The summed E-state index contributed by atoms with van der Waals surface area (Å²) in [5.74, 6) is 1.54. The van der Waals surface area contributed by atoms with Crippen LogP contribution in [-0.2, 0) is 0 Å². The van der Waals surface area contributed by atoms with Gasteiger partial charge in [-0.15, -0.1) is 0 Å². The predicted molar refractivity (Wildman–Crippen MR) is 86.4 cm³/mol. The summed E-state index contributed by atoms with van der Waals surface area (Å²) in [5, 5.41) is 9.85. The first-order chi connectivity index (χ1) is 9.40. The van der Waals surface area contributed by atoms with Gasteiger partial charge in [-0.05, 0) is 36.7 Å². The molecule has 0 saturated carbocycles. The highest BCUT2D eigenvalue weighted by molar-refractivity contribution is 6.76. The maximum Gasteiger partial charge on any atom is 0.119 e. The number of hydrogen-bond donors (Lipinski definition) is 1. The van der Waals surface area contributed by atoms with Gasteiger partial charge in [-0.25, -0.2) is 0 Å². The minimum absolute atomic E-state index is 0.309. The molecule has 0 saturated heterocycles. The standard InChI is InChI=1S/C16H26O3Si/c1-18-15-8-10-16(11-9-15)19-13-14(17)7-5-6-12-20(2,3)4/h5-6,8-11,14,17H,7,12-13H2,1-4H3/b6-5+/t14-/m1/s1. The quantitative estimate of drug-likeness (QED) is 0.586. The van der Waals surface area contributed by atoms with Crippen LogP contribution in [0.1, 0.15) is 6.42 Å². The number of aliphatic hydroxyl groups excluding tert-OH is 1. The fourth-order valence-corrected chi connectivity index (χ4v) is 2.50. The monoisotopic (exact) mass is 294 g/mol. The number of methoxy groups -OCH3 is 1. The molecule has 0 fully saturated rings. The molecule has 0 aliphatic heterocycles. The topological polar surface area (TPSA) is 38.7 Å². The van der Waals surface area contributed by atoms with Crippen molar-refractivity contribution in [2.75, 3.05) is 13.7 Å². The van der Waals surface area contributed by atoms with Gasteiger partial charge in [-0.2, -0.15) is 0 Å². The molecule has 0 amide bonds. The second-order valence-corrected chi connectivity index (χ2v) is 11.6. The maximum atomic E-state index is 9.85. The molecule has 3 nitrogen and oxygen atoms in total. The third-order valence-electron chi connectivity index (χ3n) is 2.81. The molecule has 1 rings (SSSR count). The van der Waals surface area contributed by atoms with Crippen LogP contribution in [0.25, 0.3) is 0 Å². The Bertz CT molecular complexity index is 407. The summed E-state index contributed by atoms with van der Waals surface area (Å²) in [5.41, 5.74) is 0. The Labute approximate surface area is 123 Å². The van der Waals surface area contributed by atoms with Gasteiger partial charge in [-0.1, -0.05) is 31.8 Å². The highest BCUT2D eigenvalue weighted by atomic mass is 28.3. The van der Waals surface area contributed by atoms with Gasteiger partial charge in [0.1, 0.15) is 18.1 Å². The van der Waals surface area contributed by atoms with Gasteiger partial charge in [0, 0.05) is 8.07 Å². The Kier molecular flexibility index (Phi) is 6.82. The zero-order chi connectivity index (χ0) is 15.0. The van der Waals surface area contributed by atoms with Crippen LogP contribution >= 0.6 is 0 Å². The van der Waals surface area contributed by atoms with E-state index in [1.807, 2.05) is 24.3 Å². The molecule has 1 aromatic carbocycles. The molecule has 0 aromatic heterocycles. The van der Waals surface area contributed by atoms with E-state index < -0.39 is 14.2 Å². The number of ether oxygens (including phenoxy) is 2. The molecule has 0 spiro atoms. The first kappa shape index (κ1) is 16.8. The van der Waals surface area contributed by atoms with Crippen LogP contribution in [0.2, 0.25) is 25.7 Å². The Morgan fingerprint density at radius 3 is 2.25 bits per heavy atom. The lowest BCUT2D eigenvalue weighted by Crippen LogP contribution is -2.18. The summed E-state index contributed by atoms with van der Waals surface area (Å²) in [6, 6.07) is 8.52. The summed E-state index contributed by atoms with van der Waals surface area (Å²) in [7, 11) is 0.610. The van der Waals surface area contributed by atoms with E-state index in [1.165, 1.54) is 0 Å². The van der Waals surface area contributed by atoms with E-state index in [2.05, 4.69) is 31.8 Å². The highest BCUT2D eigenvalue weighted by Crippen LogP contribution is 2.17. The van der Waals surface area contributed by atoms with Gasteiger partial charge < -0.3 is 14.6 Å². The zero-order valence-electron chi connectivity index (χ0n) is 12.9. The number of benzene rings is 1. The Balaban J connectivity index is 2.27. The summed E-state index contributed by atoms with van der Waals surface area (Å²) >= 11 is 0. The average Bonchev–Trinajstić information content (AvgIpc) is 2.41. The first-order valence-corrected chi connectivity index (χ1v) is 10.7. The van der Waals surface area contributed by atoms with Crippen molar-refractivity contribution >= 4 is 8.07 Å². The van der Waals surface area contributed by atoms with Crippen molar-refractivity contribution in [3.63, 3.8) is 0 Å². The molecular weight excluding hydrogens is 268 g/mol. The minimum Gasteiger partial charge on any atom is -0.497 e. The third kappa shape index (κ3) is 7.36. The smallest absolute Gasteiger partial charge is 0.119 e. The maximum absolute atomic E-state index is 9.85. The molecule has 20 heavy (non-hydrogen) atoms. The number of aliphatic hydroxyl groups is 1. The van der Waals surface area contributed by atoms with Gasteiger partial charge in [0.2, 0.25) is 0 Å². The van der Waals surface area contributed by atoms with E-state index >= 15 is 0 Å². The largest absolute Gasteiger partial charge is 0.497 e. The minimum atomic E-state index is -1.02. The molecule has 0 heterocycles. The van der Waals surface area contributed by atoms with Crippen LogP contribution in [0.5, 0.6) is 11.5 Å².